The van der Waals surface area contributed by atoms with Gasteiger partial charge in [-0.2, -0.15) is 0 Å². The van der Waals surface area contributed by atoms with Gasteiger partial charge in [0.1, 0.15) is 0 Å². The second kappa shape index (κ2) is 13.5. The molecule has 0 aromatic heterocycles. The smallest absolute Gasteiger partial charge is 0.0463 e. The molecule has 0 aromatic carbocycles. The first-order chi connectivity index (χ1) is 5.68. The summed E-state index contributed by atoms with van der Waals surface area (Å²) in [6.07, 6.45) is 3.58. The number of ether oxygens (including phenoxy) is 1. The highest BCUT2D eigenvalue weighted by molar-refractivity contribution is 4.32. The molecule has 0 aliphatic heterocycles. The highest BCUT2D eigenvalue weighted by Gasteiger charge is 1.80. The maximum absolute atomic E-state index is 5.13. The number of rotatable bonds is 5. The molecule has 0 atom stereocenters. The van der Waals surface area contributed by atoms with Crippen molar-refractivity contribution in [3.05, 3.63) is 0 Å². The van der Waals surface area contributed by atoms with E-state index in [1.54, 1.807) is 0 Å². The molecule has 0 unspecified atom stereocenters. The Balaban J connectivity index is 0. The van der Waals surface area contributed by atoms with Gasteiger partial charge in [0.25, 0.3) is 0 Å². The van der Waals surface area contributed by atoms with E-state index in [1.165, 1.54) is 6.42 Å². The largest absolute Gasteiger partial charge is 0.381 e. The fourth-order valence-electron chi connectivity index (χ4n) is 0.391. The number of hydrogen-bond donors (Lipinski definition) is 0. The third kappa shape index (κ3) is 22.5. The summed E-state index contributed by atoms with van der Waals surface area (Å²) in [5.74, 6) is 0.884. The molecule has 0 aliphatic rings. The highest BCUT2D eigenvalue weighted by Crippen LogP contribution is 1.93. The Labute approximate surface area is 78.5 Å². The van der Waals surface area contributed by atoms with Gasteiger partial charge in [0, 0.05) is 13.2 Å². The third-order valence-electron chi connectivity index (χ3n) is 1.51. The summed E-state index contributed by atoms with van der Waals surface area (Å²) in [5.41, 5.74) is 0. The number of hydrogen-bond acceptors (Lipinski definition) is 1. The Morgan fingerprint density at radius 3 is 1.42 bits per heavy atom. The van der Waals surface area contributed by atoms with Crippen molar-refractivity contribution in [2.45, 2.75) is 53.9 Å². The topological polar surface area (TPSA) is 9.23 Å². The van der Waals surface area contributed by atoms with E-state index in [1.807, 2.05) is 0 Å². The first kappa shape index (κ1) is 14.5. The van der Waals surface area contributed by atoms with Crippen LogP contribution in [-0.4, -0.2) is 13.2 Å². The molecule has 0 bridgehead atoms. The lowest BCUT2D eigenvalue weighted by Crippen LogP contribution is -1.92. The summed E-state index contributed by atoms with van der Waals surface area (Å²) in [5, 5.41) is 0. The van der Waals surface area contributed by atoms with E-state index < -0.39 is 0 Å². The van der Waals surface area contributed by atoms with Crippen molar-refractivity contribution in [3.8, 4) is 0 Å². The molecule has 0 radical (unpaired) electrons. The molecular formula is C11H26O. The van der Waals surface area contributed by atoms with E-state index in [9.17, 15) is 0 Å². The predicted molar refractivity (Wildman–Crippen MR) is 56.5 cm³/mol. The van der Waals surface area contributed by atoms with Crippen LogP contribution in [-0.2, 0) is 4.74 Å². The zero-order valence-corrected chi connectivity index (χ0v) is 9.52. The normalized spacial score (nSPS) is 9.50. The Hall–Kier alpha value is -0.0400. The van der Waals surface area contributed by atoms with Crippen LogP contribution in [0.25, 0.3) is 0 Å². The first-order valence-electron chi connectivity index (χ1n) is 5.26. The molecule has 76 valence electrons. The minimum atomic E-state index is 0.884. The maximum Gasteiger partial charge on any atom is 0.0463 e. The molecule has 0 saturated carbocycles. The fourth-order valence-corrected chi connectivity index (χ4v) is 0.391. The van der Waals surface area contributed by atoms with E-state index in [0.29, 0.717) is 0 Å². The van der Waals surface area contributed by atoms with Crippen molar-refractivity contribution >= 4 is 0 Å². The summed E-state index contributed by atoms with van der Waals surface area (Å²) in [6.45, 7) is 12.7. The van der Waals surface area contributed by atoms with Crippen molar-refractivity contribution in [3.63, 3.8) is 0 Å². The van der Waals surface area contributed by atoms with Crippen LogP contribution >= 0.6 is 0 Å². The molecule has 0 fully saturated rings. The lowest BCUT2D eigenvalue weighted by atomic mass is 10.2. The quantitative estimate of drug-likeness (QED) is 0.575. The Kier molecular flexibility index (Phi) is 16.3. The first-order valence-corrected chi connectivity index (χ1v) is 5.26. The average Bonchev–Trinajstić information content (AvgIpc) is 2.07. The predicted octanol–water partition coefficient (Wildman–Crippen LogP) is 3.88. The van der Waals surface area contributed by atoms with Gasteiger partial charge in [0.2, 0.25) is 0 Å². The maximum atomic E-state index is 5.13. The zero-order valence-electron chi connectivity index (χ0n) is 9.52. The zero-order chi connectivity index (χ0) is 9.82. The molecule has 12 heavy (non-hydrogen) atoms. The second-order valence-electron chi connectivity index (χ2n) is 3.41. The molecule has 1 heteroatoms. The monoisotopic (exact) mass is 174 g/mol. The van der Waals surface area contributed by atoms with Gasteiger partial charge in [0.15, 0.2) is 0 Å². The minimum absolute atomic E-state index is 0.884. The molecule has 0 heterocycles. The van der Waals surface area contributed by atoms with Gasteiger partial charge in [-0.3, -0.25) is 0 Å². The van der Waals surface area contributed by atoms with Crippen molar-refractivity contribution < 1.29 is 4.74 Å². The van der Waals surface area contributed by atoms with Crippen molar-refractivity contribution in [1.82, 2.24) is 0 Å². The van der Waals surface area contributed by atoms with Gasteiger partial charge in [-0.1, -0.05) is 41.0 Å². The third-order valence-corrected chi connectivity index (χ3v) is 1.51. The van der Waals surface area contributed by atoms with Gasteiger partial charge in [-0.25, -0.2) is 0 Å². The van der Waals surface area contributed by atoms with E-state index in [2.05, 4.69) is 34.6 Å². The van der Waals surface area contributed by atoms with Crippen LogP contribution in [0.4, 0.5) is 0 Å². The lowest BCUT2D eigenvalue weighted by Gasteiger charge is -1.95. The van der Waals surface area contributed by atoms with Crippen LogP contribution in [0, 0.1) is 5.92 Å². The Morgan fingerprint density at radius 2 is 1.25 bits per heavy atom. The van der Waals surface area contributed by atoms with E-state index in [-0.39, 0.29) is 0 Å². The fraction of sp³-hybridized carbons (Fsp3) is 1.00. The molecule has 0 rings (SSSR count). The van der Waals surface area contributed by atoms with Crippen LogP contribution in [0.1, 0.15) is 53.9 Å². The highest BCUT2D eigenvalue weighted by atomic mass is 16.5. The van der Waals surface area contributed by atoms with Crippen LogP contribution in [0.5, 0.6) is 0 Å². The summed E-state index contributed by atoms with van der Waals surface area (Å²) in [7, 11) is 0. The molecule has 0 amide bonds. The molecule has 0 saturated heterocycles. The average molecular weight is 174 g/mol. The van der Waals surface area contributed by atoms with Crippen LogP contribution in [0.2, 0.25) is 0 Å². The van der Waals surface area contributed by atoms with Crippen molar-refractivity contribution in [2.75, 3.05) is 13.2 Å². The lowest BCUT2D eigenvalue weighted by molar-refractivity contribution is 0.135. The SMILES string of the molecule is CCC(C)C.CCCOCCC. The summed E-state index contributed by atoms with van der Waals surface area (Å²) < 4.78 is 5.13. The van der Waals surface area contributed by atoms with Gasteiger partial charge < -0.3 is 4.74 Å². The molecule has 0 spiro atoms. The molecule has 0 aromatic rings. The molecule has 0 aliphatic carbocycles. The summed E-state index contributed by atoms with van der Waals surface area (Å²) in [4.78, 5) is 0. The standard InChI is InChI=1S/C6H14O.C5H12/c1-3-5-7-6-4-2;1-4-5(2)3/h3-6H2,1-2H3;5H,4H2,1-3H3. The van der Waals surface area contributed by atoms with Gasteiger partial charge in [-0.05, 0) is 18.8 Å². The Morgan fingerprint density at radius 1 is 0.917 bits per heavy atom. The van der Waals surface area contributed by atoms with E-state index in [4.69, 9.17) is 4.74 Å². The van der Waals surface area contributed by atoms with E-state index >= 15 is 0 Å². The summed E-state index contributed by atoms with van der Waals surface area (Å²) in [6, 6.07) is 0. The van der Waals surface area contributed by atoms with E-state index in [0.717, 1.165) is 32.0 Å². The second-order valence-corrected chi connectivity index (χ2v) is 3.41. The van der Waals surface area contributed by atoms with Crippen molar-refractivity contribution in [2.24, 2.45) is 5.92 Å². The van der Waals surface area contributed by atoms with Gasteiger partial charge in [0.05, 0.1) is 0 Å². The molecular weight excluding hydrogens is 148 g/mol. The van der Waals surface area contributed by atoms with Crippen molar-refractivity contribution in [1.29, 1.82) is 0 Å². The molecule has 1 nitrogen and oxygen atoms in total. The summed E-state index contributed by atoms with van der Waals surface area (Å²) >= 11 is 0. The minimum Gasteiger partial charge on any atom is -0.381 e. The van der Waals surface area contributed by atoms with Crippen LogP contribution in [0.3, 0.4) is 0 Å². The Bertz CT molecular complexity index is 56.0. The van der Waals surface area contributed by atoms with Gasteiger partial charge in [-0.15, -0.1) is 0 Å². The van der Waals surface area contributed by atoms with Crippen LogP contribution in [0.15, 0.2) is 0 Å². The van der Waals surface area contributed by atoms with Crippen LogP contribution < -0.4 is 0 Å². The molecule has 0 N–H and O–H groups in total. The van der Waals surface area contributed by atoms with Gasteiger partial charge >= 0.3 is 0 Å².